The first-order valence-corrected chi connectivity index (χ1v) is 8.79. The van der Waals surface area contributed by atoms with Gasteiger partial charge in [0.1, 0.15) is 10.7 Å². The molecule has 0 aromatic carbocycles. The summed E-state index contributed by atoms with van der Waals surface area (Å²) in [4.78, 5) is 27.5. The van der Waals surface area contributed by atoms with Crippen LogP contribution in [0.25, 0.3) is 0 Å². The van der Waals surface area contributed by atoms with Gasteiger partial charge in [-0.2, -0.15) is 4.98 Å². The van der Waals surface area contributed by atoms with Crippen molar-refractivity contribution >= 4 is 34.1 Å². The quantitative estimate of drug-likeness (QED) is 0.700. The number of amides is 1. The maximum Gasteiger partial charge on any atom is 0.265 e. The maximum absolute atomic E-state index is 12.6. The van der Waals surface area contributed by atoms with Gasteiger partial charge in [-0.25, -0.2) is 9.97 Å². The van der Waals surface area contributed by atoms with Gasteiger partial charge in [-0.3, -0.25) is 4.79 Å². The van der Waals surface area contributed by atoms with Gasteiger partial charge in [0.2, 0.25) is 5.95 Å². The van der Waals surface area contributed by atoms with Crippen molar-refractivity contribution in [2.45, 2.75) is 32.7 Å². The lowest BCUT2D eigenvalue weighted by Gasteiger charge is -2.29. The minimum atomic E-state index is -0.0637. The summed E-state index contributed by atoms with van der Waals surface area (Å²) in [5, 5.41) is 3.72. The molecule has 24 heavy (non-hydrogen) atoms. The van der Waals surface area contributed by atoms with Crippen molar-refractivity contribution in [2.75, 3.05) is 29.9 Å². The molecule has 0 bridgehead atoms. The lowest BCUT2D eigenvalue weighted by atomic mass is 10.1. The standard InChI is InChI=1S/C15H21N7OS/c1-2-3-5-18-12-9-8-22(6-4-10(9)20-14(16)21-12)13(23)11-7-19-15(17)24-11/h7H,2-6,8H2,1H3,(H2,17,19)(H3,16,18,20,21). The van der Waals surface area contributed by atoms with E-state index in [2.05, 4.69) is 27.2 Å². The predicted octanol–water partition coefficient (Wildman–Crippen LogP) is 1.51. The summed E-state index contributed by atoms with van der Waals surface area (Å²) in [5.41, 5.74) is 13.3. The van der Waals surface area contributed by atoms with Gasteiger partial charge in [0.05, 0.1) is 18.4 Å². The first kappa shape index (κ1) is 16.4. The molecule has 0 fully saturated rings. The summed E-state index contributed by atoms with van der Waals surface area (Å²) in [6.45, 7) is 4.00. The third-order valence-electron chi connectivity index (χ3n) is 3.92. The molecule has 0 atom stereocenters. The zero-order chi connectivity index (χ0) is 17.1. The Morgan fingerprint density at radius 3 is 2.96 bits per heavy atom. The van der Waals surface area contributed by atoms with E-state index in [0.29, 0.717) is 29.5 Å². The number of anilines is 3. The number of hydrogen-bond acceptors (Lipinski definition) is 8. The van der Waals surface area contributed by atoms with Gasteiger partial charge in [-0.1, -0.05) is 24.7 Å². The third kappa shape index (κ3) is 3.40. The van der Waals surface area contributed by atoms with Crippen LogP contribution in [0.15, 0.2) is 6.20 Å². The molecule has 2 aromatic heterocycles. The lowest BCUT2D eigenvalue weighted by molar-refractivity contribution is 0.0738. The highest BCUT2D eigenvalue weighted by Gasteiger charge is 2.26. The van der Waals surface area contributed by atoms with Crippen LogP contribution in [0.5, 0.6) is 0 Å². The van der Waals surface area contributed by atoms with E-state index in [1.165, 1.54) is 17.5 Å². The Labute approximate surface area is 144 Å². The van der Waals surface area contributed by atoms with Crippen LogP contribution in [-0.4, -0.2) is 38.8 Å². The van der Waals surface area contributed by atoms with Crippen molar-refractivity contribution in [3.05, 3.63) is 22.3 Å². The van der Waals surface area contributed by atoms with Crippen LogP contribution in [0.1, 0.15) is 40.7 Å². The molecule has 5 N–H and O–H groups in total. The summed E-state index contributed by atoms with van der Waals surface area (Å²) < 4.78 is 0. The number of nitrogens with two attached hydrogens (primary N) is 2. The first-order chi connectivity index (χ1) is 11.6. The summed E-state index contributed by atoms with van der Waals surface area (Å²) >= 11 is 1.20. The van der Waals surface area contributed by atoms with E-state index in [1.54, 1.807) is 4.90 Å². The molecule has 2 aromatic rings. The monoisotopic (exact) mass is 347 g/mol. The number of rotatable bonds is 5. The van der Waals surface area contributed by atoms with Gasteiger partial charge in [-0.05, 0) is 6.42 Å². The van der Waals surface area contributed by atoms with Crippen molar-refractivity contribution in [3.63, 3.8) is 0 Å². The number of nitrogens with zero attached hydrogens (tertiary/aromatic N) is 4. The molecule has 0 unspecified atom stereocenters. The van der Waals surface area contributed by atoms with Crippen molar-refractivity contribution in [2.24, 2.45) is 0 Å². The summed E-state index contributed by atoms with van der Waals surface area (Å²) in [7, 11) is 0. The fourth-order valence-electron chi connectivity index (χ4n) is 2.68. The van der Waals surface area contributed by atoms with Crippen molar-refractivity contribution < 1.29 is 4.79 Å². The Morgan fingerprint density at radius 1 is 1.42 bits per heavy atom. The van der Waals surface area contributed by atoms with Crippen molar-refractivity contribution in [1.82, 2.24) is 19.9 Å². The van der Waals surface area contributed by atoms with Gasteiger partial charge in [0, 0.05) is 25.1 Å². The molecule has 8 nitrogen and oxygen atoms in total. The number of aromatic nitrogens is 3. The zero-order valence-corrected chi connectivity index (χ0v) is 14.4. The van der Waals surface area contributed by atoms with Crippen LogP contribution in [0.2, 0.25) is 0 Å². The Balaban J connectivity index is 1.82. The number of nitrogens with one attached hydrogen (secondary N) is 1. The molecule has 3 heterocycles. The average Bonchev–Trinajstić information content (AvgIpc) is 3.00. The minimum absolute atomic E-state index is 0.0637. The Bertz CT molecular complexity index is 745. The SMILES string of the molecule is CCCCNc1nc(N)nc2c1CN(C(=O)c1cnc(N)s1)CC2. The van der Waals surface area contributed by atoms with E-state index in [-0.39, 0.29) is 11.9 Å². The molecule has 1 amide bonds. The highest BCUT2D eigenvalue weighted by atomic mass is 32.1. The van der Waals surface area contributed by atoms with Gasteiger partial charge in [-0.15, -0.1) is 0 Å². The number of carbonyl (C=O) groups excluding carboxylic acids is 1. The molecule has 9 heteroatoms. The number of thiazole rings is 1. The number of carbonyl (C=O) groups is 1. The Hall–Kier alpha value is -2.42. The van der Waals surface area contributed by atoms with Gasteiger partial charge >= 0.3 is 0 Å². The summed E-state index contributed by atoms with van der Waals surface area (Å²) in [5.74, 6) is 0.932. The number of fused-ring (bicyclic) bond motifs is 1. The molecule has 0 spiro atoms. The van der Waals surface area contributed by atoms with Crippen LogP contribution in [-0.2, 0) is 13.0 Å². The fraction of sp³-hybridized carbons (Fsp3) is 0.467. The molecule has 1 aliphatic heterocycles. The van der Waals surface area contributed by atoms with Crippen molar-refractivity contribution in [1.29, 1.82) is 0 Å². The second kappa shape index (κ2) is 7.00. The molecule has 0 saturated heterocycles. The van der Waals surface area contributed by atoms with Crippen LogP contribution >= 0.6 is 11.3 Å². The molecule has 0 saturated carbocycles. The molecule has 3 rings (SSSR count). The Morgan fingerprint density at radius 2 is 2.25 bits per heavy atom. The van der Waals surface area contributed by atoms with E-state index in [9.17, 15) is 4.79 Å². The number of hydrogen-bond donors (Lipinski definition) is 3. The Kier molecular flexibility index (Phi) is 4.79. The third-order valence-corrected chi connectivity index (χ3v) is 4.74. The zero-order valence-electron chi connectivity index (χ0n) is 13.6. The lowest BCUT2D eigenvalue weighted by Crippen LogP contribution is -2.36. The van der Waals surface area contributed by atoms with Gasteiger partial charge in [0.15, 0.2) is 5.13 Å². The molecule has 0 aliphatic carbocycles. The molecule has 1 aliphatic rings. The highest BCUT2D eigenvalue weighted by molar-refractivity contribution is 7.17. The molecular weight excluding hydrogens is 326 g/mol. The summed E-state index contributed by atoms with van der Waals surface area (Å²) in [6, 6.07) is 0. The molecular formula is C15H21N7OS. The average molecular weight is 347 g/mol. The van der Waals surface area contributed by atoms with Crippen LogP contribution < -0.4 is 16.8 Å². The van der Waals surface area contributed by atoms with Crippen molar-refractivity contribution in [3.8, 4) is 0 Å². The smallest absolute Gasteiger partial charge is 0.265 e. The van der Waals surface area contributed by atoms with E-state index in [0.717, 1.165) is 36.5 Å². The van der Waals surface area contributed by atoms with E-state index in [4.69, 9.17) is 11.5 Å². The van der Waals surface area contributed by atoms with E-state index < -0.39 is 0 Å². The summed E-state index contributed by atoms with van der Waals surface area (Å²) in [6.07, 6.45) is 4.32. The predicted molar refractivity (Wildman–Crippen MR) is 94.8 cm³/mol. The molecule has 0 radical (unpaired) electrons. The van der Waals surface area contributed by atoms with Gasteiger partial charge < -0.3 is 21.7 Å². The van der Waals surface area contributed by atoms with Gasteiger partial charge in [0.25, 0.3) is 5.91 Å². The second-order valence-corrected chi connectivity index (χ2v) is 6.74. The fourth-order valence-corrected chi connectivity index (χ4v) is 3.33. The van der Waals surface area contributed by atoms with E-state index in [1.807, 2.05) is 0 Å². The van der Waals surface area contributed by atoms with Crippen LogP contribution in [0, 0.1) is 0 Å². The maximum atomic E-state index is 12.6. The normalized spacial score (nSPS) is 13.6. The van der Waals surface area contributed by atoms with Crippen LogP contribution in [0.4, 0.5) is 16.9 Å². The minimum Gasteiger partial charge on any atom is -0.375 e. The van der Waals surface area contributed by atoms with Crippen LogP contribution in [0.3, 0.4) is 0 Å². The topological polar surface area (TPSA) is 123 Å². The molecule has 128 valence electrons. The second-order valence-electron chi connectivity index (χ2n) is 5.68. The number of unbranched alkanes of at least 4 members (excludes halogenated alkanes) is 1. The first-order valence-electron chi connectivity index (χ1n) is 7.98. The van der Waals surface area contributed by atoms with E-state index >= 15 is 0 Å². The number of nitrogen functional groups attached to an aromatic ring is 2. The largest absolute Gasteiger partial charge is 0.375 e. The highest BCUT2D eigenvalue weighted by Crippen LogP contribution is 2.27.